The van der Waals surface area contributed by atoms with Crippen LogP contribution in [0.5, 0.6) is 5.75 Å². The second-order valence-electron chi connectivity index (χ2n) is 1.25. The summed E-state index contributed by atoms with van der Waals surface area (Å²) in [4.78, 5) is 0. The Kier molecular flexibility index (Phi) is 1.72. The van der Waals surface area contributed by atoms with Crippen molar-refractivity contribution in [2.24, 2.45) is 0 Å². The molecule has 0 unspecified atom stereocenters. The van der Waals surface area contributed by atoms with Gasteiger partial charge in [0.15, 0.2) is 5.75 Å². The first-order valence-electron chi connectivity index (χ1n) is 2.07. The molecule has 1 heterocycles. The van der Waals surface area contributed by atoms with Crippen molar-refractivity contribution >= 4 is 22.6 Å². The van der Waals surface area contributed by atoms with Gasteiger partial charge < -0.3 is 4.74 Å². The standard InChI is InChI=1S/C4H5IN2O/c1-8-3-2-6-7-4(3)5/h2H,1H3,(H,6,7). The molecule has 4 heteroatoms. The van der Waals surface area contributed by atoms with Crippen LogP contribution >= 0.6 is 22.6 Å². The van der Waals surface area contributed by atoms with Crippen LogP contribution in [-0.4, -0.2) is 17.3 Å². The average Bonchev–Trinajstić information content (AvgIpc) is 2.14. The molecule has 0 aliphatic rings. The van der Waals surface area contributed by atoms with E-state index in [0.29, 0.717) is 0 Å². The summed E-state index contributed by atoms with van der Waals surface area (Å²) in [6.45, 7) is 0. The largest absolute Gasteiger partial charge is 0.492 e. The summed E-state index contributed by atoms with van der Waals surface area (Å²) in [5, 5.41) is 6.47. The van der Waals surface area contributed by atoms with E-state index in [-0.39, 0.29) is 0 Å². The number of nitrogens with one attached hydrogen (secondary N) is 1. The molecule has 3 nitrogen and oxygen atoms in total. The molecular formula is C4H5IN2O. The molecule has 8 heavy (non-hydrogen) atoms. The van der Waals surface area contributed by atoms with E-state index in [2.05, 4.69) is 32.8 Å². The zero-order chi connectivity index (χ0) is 5.98. The van der Waals surface area contributed by atoms with Crippen LogP contribution in [0.15, 0.2) is 6.20 Å². The molecule has 1 N–H and O–H groups in total. The van der Waals surface area contributed by atoms with Crippen LogP contribution in [0.2, 0.25) is 0 Å². The van der Waals surface area contributed by atoms with E-state index in [4.69, 9.17) is 4.74 Å². The van der Waals surface area contributed by atoms with Crippen molar-refractivity contribution < 1.29 is 4.74 Å². The fourth-order valence-corrected chi connectivity index (χ4v) is 0.900. The van der Waals surface area contributed by atoms with E-state index in [1.54, 1.807) is 13.3 Å². The second kappa shape index (κ2) is 2.34. The van der Waals surface area contributed by atoms with Gasteiger partial charge in [-0.25, -0.2) is 0 Å². The quantitative estimate of drug-likeness (QED) is 0.723. The molecule has 0 fully saturated rings. The first-order chi connectivity index (χ1) is 3.84. The van der Waals surface area contributed by atoms with Crippen LogP contribution in [0.1, 0.15) is 0 Å². The molecule has 1 rings (SSSR count). The molecule has 0 aromatic carbocycles. The Labute approximate surface area is 60.6 Å². The first kappa shape index (κ1) is 5.87. The third kappa shape index (κ3) is 0.936. The smallest absolute Gasteiger partial charge is 0.170 e. The highest BCUT2D eigenvalue weighted by Crippen LogP contribution is 2.14. The predicted molar refractivity (Wildman–Crippen MR) is 37.9 cm³/mol. The lowest BCUT2D eigenvalue weighted by atomic mass is 10.7. The SMILES string of the molecule is COc1cn[nH]c1I. The van der Waals surface area contributed by atoms with Crippen molar-refractivity contribution in [3.8, 4) is 5.75 Å². The van der Waals surface area contributed by atoms with E-state index in [0.717, 1.165) is 9.45 Å². The van der Waals surface area contributed by atoms with Crippen LogP contribution in [0.4, 0.5) is 0 Å². The number of hydrogen-bond acceptors (Lipinski definition) is 2. The van der Waals surface area contributed by atoms with Gasteiger partial charge in [0.1, 0.15) is 3.70 Å². The number of rotatable bonds is 1. The van der Waals surface area contributed by atoms with E-state index >= 15 is 0 Å². The third-order valence-corrected chi connectivity index (χ3v) is 1.55. The zero-order valence-electron chi connectivity index (χ0n) is 4.31. The molecule has 0 atom stereocenters. The van der Waals surface area contributed by atoms with Gasteiger partial charge in [-0.2, -0.15) is 5.10 Å². The monoisotopic (exact) mass is 224 g/mol. The number of nitrogens with zero attached hydrogens (tertiary/aromatic N) is 1. The average molecular weight is 224 g/mol. The van der Waals surface area contributed by atoms with Gasteiger partial charge in [-0.15, -0.1) is 0 Å². The van der Waals surface area contributed by atoms with Crippen LogP contribution in [0.3, 0.4) is 0 Å². The van der Waals surface area contributed by atoms with Gasteiger partial charge in [-0.1, -0.05) is 0 Å². The lowest BCUT2D eigenvalue weighted by Crippen LogP contribution is -1.80. The van der Waals surface area contributed by atoms with Crippen molar-refractivity contribution in [2.45, 2.75) is 0 Å². The van der Waals surface area contributed by atoms with Crippen molar-refractivity contribution in [2.75, 3.05) is 7.11 Å². The van der Waals surface area contributed by atoms with Crippen LogP contribution in [0.25, 0.3) is 0 Å². The van der Waals surface area contributed by atoms with Crippen LogP contribution < -0.4 is 4.74 Å². The Morgan fingerprint density at radius 3 is 2.88 bits per heavy atom. The Bertz CT molecular complexity index is 174. The number of H-pyrrole nitrogens is 1. The highest BCUT2D eigenvalue weighted by atomic mass is 127. The number of ether oxygens (including phenoxy) is 1. The Balaban J connectivity index is 2.92. The molecule has 0 aliphatic heterocycles. The van der Waals surface area contributed by atoms with E-state index in [9.17, 15) is 0 Å². The van der Waals surface area contributed by atoms with Gasteiger partial charge in [0.25, 0.3) is 0 Å². The summed E-state index contributed by atoms with van der Waals surface area (Å²) >= 11 is 2.11. The molecular weight excluding hydrogens is 219 g/mol. The van der Waals surface area contributed by atoms with Crippen molar-refractivity contribution in [3.05, 3.63) is 9.90 Å². The molecule has 0 bridgehead atoms. The minimum Gasteiger partial charge on any atom is -0.492 e. The maximum absolute atomic E-state index is 4.88. The normalized spacial score (nSPS) is 9.25. The Hall–Kier alpha value is -0.260. The number of hydrogen-bond donors (Lipinski definition) is 1. The van der Waals surface area contributed by atoms with Crippen molar-refractivity contribution in [1.82, 2.24) is 10.2 Å². The first-order valence-corrected chi connectivity index (χ1v) is 3.15. The van der Waals surface area contributed by atoms with Crippen molar-refractivity contribution in [3.63, 3.8) is 0 Å². The van der Waals surface area contributed by atoms with Crippen LogP contribution in [-0.2, 0) is 0 Å². The lowest BCUT2D eigenvalue weighted by Gasteiger charge is -1.89. The van der Waals surface area contributed by atoms with Crippen LogP contribution in [0, 0.1) is 3.70 Å². The van der Waals surface area contributed by atoms with Crippen molar-refractivity contribution in [1.29, 1.82) is 0 Å². The molecule has 44 valence electrons. The van der Waals surface area contributed by atoms with Gasteiger partial charge >= 0.3 is 0 Å². The fourth-order valence-electron chi connectivity index (χ4n) is 0.402. The molecule has 0 saturated heterocycles. The molecule has 1 aromatic heterocycles. The highest BCUT2D eigenvalue weighted by Gasteiger charge is 1.96. The number of aromatic nitrogens is 2. The summed E-state index contributed by atoms with van der Waals surface area (Å²) in [5.41, 5.74) is 0. The van der Waals surface area contributed by atoms with E-state index in [1.165, 1.54) is 0 Å². The maximum atomic E-state index is 4.88. The molecule has 0 amide bonds. The summed E-state index contributed by atoms with van der Waals surface area (Å²) in [6, 6.07) is 0. The molecule has 1 aromatic rings. The Morgan fingerprint density at radius 2 is 2.62 bits per heavy atom. The second-order valence-corrected chi connectivity index (χ2v) is 2.33. The summed E-state index contributed by atoms with van der Waals surface area (Å²) in [7, 11) is 1.62. The summed E-state index contributed by atoms with van der Waals surface area (Å²) < 4.78 is 5.82. The number of methoxy groups -OCH3 is 1. The predicted octanol–water partition coefficient (Wildman–Crippen LogP) is 1.02. The van der Waals surface area contributed by atoms with E-state index < -0.39 is 0 Å². The molecule has 0 aliphatic carbocycles. The van der Waals surface area contributed by atoms with E-state index in [1.807, 2.05) is 0 Å². The minimum absolute atomic E-state index is 0.797. The van der Waals surface area contributed by atoms with Gasteiger partial charge in [-0.05, 0) is 22.6 Å². The third-order valence-electron chi connectivity index (χ3n) is 0.781. The topological polar surface area (TPSA) is 37.9 Å². The van der Waals surface area contributed by atoms with Gasteiger partial charge in [0, 0.05) is 0 Å². The van der Waals surface area contributed by atoms with Gasteiger partial charge in [-0.3, -0.25) is 5.10 Å². The van der Waals surface area contributed by atoms with Gasteiger partial charge in [0.05, 0.1) is 13.3 Å². The number of aromatic amines is 1. The summed E-state index contributed by atoms with van der Waals surface area (Å²) in [5.74, 6) is 0.797. The molecule has 0 spiro atoms. The number of halogens is 1. The summed E-state index contributed by atoms with van der Waals surface area (Å²) in [6.07, 6.45) is 1.64. The molecule has 0 saturated carbocycles. The Morgan fingerprint density at radius 1 is 1.88 bits per heavy atom. The zero-order valence-corrected chi connectivity index (χ0v) is 6.47. The maximum Gasteiger partial charge on any atom is 0.170 e. The fraction of sp³-hybridized carbons (Fsp3) is 0.250. The lowest BCUT2D eigenvalue weighted by molar-refractivity contribution is 0.412. The van der Waals surface area contributed by atoms with Gasteiger partial charge in [0.2, 0.25) is 0 Å². The minimum atomic E-state index is 0.797. The highest BCUT2D eigenvalue weighted by molar-refractivity contribution is 14.1. The molecule has 0 radical (unpaired) electrons.